The number of nitrogens with one attached hydrogen (secondary N) is 1. The highest BCUT2D eigenvalue weighted by Gasteiger charge is 2.69. The van der Waals surface area contributed by atoms with Gasteiger partial charge in [-0.15, -0.1) is 0 Å². The number of fused-ring (bicyclic) bond motifs is 4. The summed E-state index contributed by atoms with van der Waals surface area (Å²) >= 11 is 6.27. The Balaban J connectivity index is 1.78. The van der Waals surface area contributed by atoms with Gasteiger partial charge in [0.1, 0.15) is 17.0 Å². The summed E-state index contributed by atoms with van der Waals surface area (Å²) in [6.07, 6.45) is 1.56. The summed E-state index contributed by atoms with van der Waals surface area (Å²) in [4.78, 5) is 28.7. The largest absolute Gasteiger partial charge is 0.411 e. The third-order valence-electron chi connectivity index (χ3n) is 6.27. The maximum Gasteiger partial charge on any atom is 0.238 e. The lowest BCUT2D eigenvalue weighted by molar-refractivity contribution is -0.130. The quantitative estimate of drug-likeness (QED) is 0.466. The van der Waals surface area contributed by atoms with Crippen molar-refractivity contribution < 1.29 is 14.8 Å². The normalized spacial score (nSPS) is 28.6. The third kappa shape index (κ3) is 2.06. The highest BCUT2D eigenvalue weighted by atomic mass is 35.5. The molecule has 2 aromatic carbocycles. The second-order valence-electron chi connectivity index (χ2n) is 7.49. The van der Waals surface area contributed by atoms with Crippen molar-refractivity contribution in [3.05, 3.63) is 64.7 Å². The van der Waals surface area contributed by atoms with Crippen molar-refractivity contribution in [2.75, 3.05) is 11.9 Å². The molecule has 0 saturated carbocycles. The molecule has 1 spiro atoms. The molecule has 2 N–H and O–H groups in total. The van der Waals surface area contributed by atoms with Crippen molar-refractivity contribution in [2.45, 2.75) is 24.3 Å². The molecule has 0 aromatic heterocycles. The molecule has 3 aliphatic heterocycles. The molecule has 28 heavy (non-hydrogen) atoms. The molecule has 3 aliphatic rings. The fraction of sp³-hybridized carbons (Fsp3) is 0.286. The van der Waals surface area contributed by atoms with Crippen LogP contribution in [0.3, 0.4) is 0 Å². The topological polar surface area (TPSA) is 82.0 Å². The molecule has 0 bridgehead atoms. The second-order valence-corrected chi connectivity index (χ2v) is 7.92. The van der Waals surface area contributed by atoms with E-state index < -0.39 is 11.3 Å². The number of anilines is 1. The minimum Gasteiger partial charge on any atom is -0.411 e. The first-order valence-electron chi connectivity index (χ1n) is 9.28. The van der Waals surface area contributed by atoms with Crippen LogP contribution in [0.2, 0.25) is 5.02 Å². The third-order valence-corrected chi connectivity index (χ3v) is 6.50. The number of halogens is 1. The van der Waals surface area contributed by atoms with E-state index in [0.29, 0.717) is 28.4 Å². The van der Waals surface area contributed by atoms with E-state index >= 15 is 0 Å². The van der Waals surface area contributed by atoms with Crippen LogP contribution in [0.5, 0.6) is 0 Å². The summed E-state index contributed by atoms with van der Waals surface area (Å²) in [5.41, 5.74) is 1.03. The summed E-state index contributed by atoms with van der Waals surface area (Å²) in [7, 11) is 0. The predicted molar refractivity (Wildman–Crippen MR) is 105 cm³/mol. The van der Waals surface area contributed by atoms with Gasteiger partial charge >= 0.3 is 0 Å². The lowest BCUT2D eigenvalue weighted by Crippen LogP contribution is -2.50. The van der Waals surface area contributed by atoms with Crippen LogP contribution in [-0.4, -0.2) is 40.2 Å². The molecular formula is C21H18ClN3O3. The van der Waals surface area contributed by atoms with Gasteiger partial charge in [-0.25, -0.2) is 0 Å². The van der Waals surface area contributed by atoms with Crippen LogP contribution in [0.15, 0.2) is 53.7 Å². The van der Waals surface area contributed by atoms with Crippen molar-refractivity contribution in [1.29, 1.82) is 0 Å². The molecule has 6 nitrogen and oxygen atoms in total. The minimum atomic E-state index is -1.16. The Kier molecular flexibility index (Phi) is 3.74. The zero-order valence-corrected chi connectivity index (χ0v) is 15.7. The van der Waals surface area contributed by atoms with E-state index in [0.717, 1.165) is 12.8 Å². The maximum absolute atomic E-state index is 13.5. The van der Waals surface area contributed by atoms with Gasteiger partial charge < -0.3 is 15.4 Å². The molecule has 5 rings (SSSR count). The van der Waals surface area contributed by atoms with Gasteiger partial charge in [0.05, 0.1) is 6.04 Å². The number of rotatable bonds is 2. The number of oxime groups is 1. The van der Waals surface area contributed by atoms with E-state index in [4.69, 9.17) is 11.6 Å². The monoisotopic (exact) mass is 395 g/mol. The van der Waals surface area contributed by atoms with E-state index in [1.807, 2.05) is 18.2 Å². The number of hydrogen-bond donors (Lipinski definition) is 2. The molecule has 2 fully saturated rings. The van der Waals surface area contributed by atoms with E-state index in [-0.39, 0.29) is 23.6 Å². The van der Waals surface area contributed by atoms with Gasteiger partial charge in [-0.3, -0.25) is 9.59 Å². The Morgan fingerprint density at radius 2 is 2.00 bits per heavy atom. The molecule has 0 aliphatic carbocycles. The molecule has 142 valence electrons. The minimum absolute atomic E-state index is 0.179. The predicted octanol–water partition coefficient (Wildman–Crippen LogP) is 3.03. The first-order valence-corrected chi connectivity index (χ1v) is 9.66. The number of benzene rings is 2. The Morgan fingerprint density at radius 1 is 1.21 bits per heavy atom. The van der Waals surface area contributed by atoms with E-state index in [2.05, 4.69) is 10.5 Å². The van der Waals surface area contributed by atoms with Crippen LogP contribution < -0.4 is 5.32 Å². The highest BCUT2D eigenvalue weighted by Crippen LogP contribution is 2.55. The Bertz CT molecular complexity index is 1020. The Labute approximate surface area is 166 Å². The highest BCUT2D eigenvalue weighted by molar-refractivity contribution is 6.31. The van der Waals surface area contributed by atoms with Crippen molar-refractivity contribution in [2.24, 2.45) is 11.1 Å². The van der Waals surface area contributed by atoms with Crippen molar-refractivity contribution in [3.8, 4) is 0 Å². The maximum atomic E-state index is 13.5. The standard InChI is InChI=1S/C21H18ClN3O3/c22-13-8-9-15-14(11-13)21(20(27)23-15)16-7-4-10-25(16)19(26)17(21)18(24-28)12-5-2-1-3-6-12/h1-3,5-6,8-9,11,16-17,28H,4,7,10H2,(H,23,27)/b24-18+/t16?,17-,21-/m1/s1. The Hall–Kier alpha value is -2.86. The summed E-state index contributed by atoms with van der Waals surface area (Å²) < 4.78 is 0. The average molecular weight is 396 g/mol. The molecule has 3 atom stereocenters. The van der Waals surface area contributed by atoms with Crippen molar-refractivity contribution >= 4 is 34.8 Å². The molecule has 2 aromatic rings. The lowest BCUT2D eigenvalue weighted by Gasteiger charge is -2.32. The van der Waals surface area contributed by atoms with Crippen LogP contribution >= 0.6 is 11.6 Å². The summed E-state index contributed by atoms with van der Waals surface area (Å²) in [6, 6.07) is 14.0. The molecule has 7 heteroatoms. The van der Waals surface area contributed by atoms with Gasteiger partial charge in [-0.1, -0.05) is 47.1 Å². The lowest BCUT2D eigenvalue weighted by atomic mass is 9.65. The number of carbonyl (C=O) groups is 2. The fourth-order valence-electron chi connectivity index (χ4n) is 5.21. The molecule has 1 unspecified atom stereocenters. The summed E-state index contributed by atoms with van der Waals surface area (Å²) in [6.45, 7) is 0.596. The zero-order chi connectivity index (χ0) is 19.5. The number of hydrogen-bond acceptors (Lipinski definition) is 4. The average Bonchev–Trinajstić information content (AvgIpc) is 3.35. The van der Waals surface area contributed by atoms with E-state index in [1.165, 1.54) is 0 Å². The van der Waals surface area contributed by atoms with Gasteiger partial charge in [-0.05, 0) is 36.6 Å². The number of carbonyl (C=O) groups excluding carboxylic acids is 2. The zero-order valence-electron chi connectivity index (χ0n) is 14.9. The van der Waals surface area contributed by atoms with Crippen molar-refractivity contribution in [1.82, 2.24) is 4.90 Å². The van der Waals surface area contributed by atoms with Crippen molar-refractivity contribution in [3.63, 3.8) is 0 Å². The number of amides is 2. The smallest absolute Gasteiger partial charge is 0.238 e. The molecule has 2 saturated heterocycles. The molecular weight excluding hydrogens is 378 g/mol. The SMILES string of the molecule is O=C1[C@@H](/C(=N/O)c2ccccc2)[C@]2(C(=O)Nc3ccc(Cl)cc32)C2CCCN12. The number of nitrogens with zero attached hydrogens (tertiary/aromatic N) is 2. The van der Waals surface area contributed by atoms with Gasteiger partial charge in [0.2, 0.25) is 11.8 Å². The second kappa shape index (κ2) is 6.07. The molecule has 2 amide bonds. The van der Waals surface area contributed by atoms with Gasteiger partial charge in [0.15, 0.2) is 0 Å². The van der Waals surface area contributed by atoms with Crippen LogP contribution in [0.4, 0.5) is 5.69 Å². The summed E-state index contributed by atoms with van der Waals surface area (Å²) in [5.74, 6) is -1.33. The van der Waals surface area contributed by atoms with Gasteiger partial charge in [0, 0.05) is 22.8 Å². The summed E-state index contributed by atoms with van der Waals surface area (Å²) in [5, 5.41) is 16.9. The molecule has 3 heterocycles. The fourth-order valence-corrected chi connectivity index (χ4v) is 5.39. The van der Waals surface area contributed by atoms with Crippen LogP contribution in [0, 0.1) is 5.92 Å². The van der Waals surface area contributed by atoms with Gasteiger partial charge in [-0.2, -0.15) is 0 Å². The van der Waals surface area contributed by atoms with Gasteiger partial charge in [0.25, 0.3) is 0 Å². The van der Waals surface area contributed by atoms with E-state index in [1.54, 1.807) is 35.2 Å². The first-order chi connectivity index (χ1) is 13.6. The Morgan fingerprint density at radius 3 is 2.75 bits per heavy atom. The molecule has 0 radical (unpaired) electrons. The van der Waals surface area contributed by atoms with Crippen LogP contribution in [0.1, 0.15) is 24.0 Å². The first kappa shape index (κ1) is 17.3. The van der Waals surface area contributed by atoms with E-state index in [9.17, 15) is 14.8 Å². The van der Waals surface area contributed by atoms with Crippen LogP contribution in [-0.2, 0) is 15.0 Å². The van der Waals surface area contributed by atoms with Crippen LogP contribution in [0.25, 0.3) is 0 Å².